The van der Waals surface area contributed by atoms with Crippen molar-refractivity contribution in [3.05, 3.63) is 11.6 Å². The van der Waals surface area contributed by atoms with Crippen molar-refractivity contribution in [2.75, 3.05) is 6.61 Å². The number of aromatic nitrogens is 3. The van der Waals surface area contributed by atoms with Crippen molar-refractivity contribution in [1.29, 1.82) is 0 Å². The molecule has 1 aromatic rings. The maximum Gasteiger partial charge on any atom is 0.153 e. The third-order valence-electron chi connectivity index (χ3n) is 2.95. The van der Waals surface area contributed by atoms with Crippen LogP contribution in [-0.4, -0.2) is 21.8 Å². The molecule has 2 aliphatic rings. The number of hydrogen-bond acceptors (Lipinski definition) is 3. The minimum atomic E-state index is 0.170. The molecule has 0 bridgehead atoms. The molecule has 0 amide bonds. The number of aromatic amines is 1. The number of nitrogens with one attached hydrogen (secondary N) is 1. The second-order valence-corrected chi connectivity index (χ2v) is 4.21. The number of hydrogen-bond donors (Lipinski definition) is 1. The largest absolute Gasteiger partial charge is 0.370 e. The fraction of sp³-hybridized carbons (Fsp3) is 0.800. The van der Waals surface area contributed by atoms with Crippen LogP contribution in [0.2, 0.25) is 0 Å². The first-order chi connectivity index (χ1) is 6.93. The molecule has 2 heterocycles. The van der Waals surface area contributed by atoms with E-state index in [1.807, 2.05) is 0 Å². The Hall–Kier alpha value is -0.900. The van der Waals surface area contributed by atoms with E-state index >= 15 is 0 Å². The molecule has 4 nitrogen and oxygen atoms in total. The van der Waals surface area contributed by atoms with E-state index in [4.69, 9.17) is 4.74 Å². The fourth-order valence-electron chi connectivity index (χ4n) is 1.91. The quantitative estimate of drug-likeness (QED) is 0.780. The molecule has 2 fully saturated rings. The van der Waals surface area contributed by atoms with Crippen LogP contribution in [0, 0.1) is 0 Å². The van der Waals surface area contributed by atoms with Crippen LogP contribution in [0.3, 0.4) is 0 Å². The molecule has 4 heteroatoms. The van der Waals surface area contributed by atoms with Crippen molar-refractivity contribution >= 4 is 0 Å². The van der Waals surface area contributed by atoms with E-state index in [1.165, 1.54) is 25.7 Å². The van der Waals surface area contributed by atoms with Gasteiger partial charge in [-0.3, -0.25) is 5.10 Å². The van der Waals surface area contributed by atoms with Gasteiger partial charge in [0.2, 0.25) is 0 Å². The van der Waals surface area contributed by atoms with Crippen LogP contribution in [0.25, 0.3) is 0 Å². The molecule has 1 saturated carbocycles. The molecule has 1 N–H and O–H groups in total. The average molecular weight is 193 g/mol. The van der Waals surface area contributed by atoms with Crippen molar-refractivity contribution in [2.24, 2.45) is 0 Å². The Morgan fingerprint density at radius 1 is 1.21 bits per heavy atom. The van der Waals surface area contributed by atoms with Gasteiger partial charge in [0.05, 0.1) is 0 Å². The van der Waals surface area contributed by atoms with Gasteiger partial charge < -0.3 is 4.74 Å². The van der Waals surface area contributed by atoms with Crippen LogP contribution in [-0.2, 0) is 4.74 Å². The van der Waals surface area contributed by atoms with Crippen molar-refractivity contribution in [2.45, 2.75) is 44.1 Å². The van der Waals surface area contributed by atoms with Gasteiger partial charge in [0.1, 0.15) is 6.10 Å². The highest BCUT2D eigenvalue weighted by atomic mass is 16.5. The lowest BCUT2D eigenvalue weighted by molar-refractivity contribution is 0.00963. The number of nitrogens with zero attached hydrogens (tertiary/aromatic N) is 2. The van der Waals surface area contributed by atoms with Gasteiger partial charge in [0.15, 0.2) is 11.6 Å². The van der Waals surface area contributed by atoms with Gasteiger partial charge in [-0.2, -0.15) is 5.10 Å². The summed E-state index contributed by atoms with van der Waals surface area (Å²) in [5.74, 6) is 2.56. The first-order valence-corrected chi connectivity index (χ1v) is 5.47. The van der Waals surface area contributed by atoms with Gasteiger partial charge in [-0.1, -0.05) is 0 Å². The maximum atomic E-state index is 5.64. The number of H-pyrrole nitrogens is 1. The van der Waals surface area contributed by atoms with E-state index in [1.54, 1.807) is 0 Å². The highest BCUT2D eigenvalue weighted by Crippen LogP contribution is 2.38. The smallest absolute Gasteiger partial charge is 0.153 e. The zero-order valence-electron chi connectivity index (χ0n) is 8.20. The highest BCUT2D eigenvalue weighted by molar-refractivity contribution is 5.06. The third kappa shape index (κ3) is 1.54. The molecular weight excluding hydrogens is 178 g/mol. The molecule has 1 aliphatic carbocycles. The lowest BCUT2D eigenvalue weighted by Gasteiger charge is -2.19. The first-order valence-electron chi connectivity index (χ1n) is 5.47. The van der Waals surface area contributed by atoms with E-state index in [0.29, 0.717) is 5.92 Å². The Bertz CT molecular complexity index is 313. The minimum absolute atomic E-state index is 0.170. The van der Waals surface area contributed by atoms with Crippen LogP contribution >= 0.6 is 0 Å². The fourth-order valence-corrected chi connectivity index (χ4v) is 1.91. The van der Waals surface area contributed by atoms with Crippen molar-refractivity contribution < 1.29 is 4.74 Å². The van der Waals surface area contributed by atoms with E-state index < -0.39 is 0 Å². The minimum Gasteiger partial charge on any atom is -0.370 e. The molecule has 0 aromatic carbocycles. The van der Waals surface area contributed by atoms with Crippen LogP contribution < -0.4 is 0 Å². The highest BCUT2D eigenvalue weighted by Gasteiger charge is 2.29. The SMILES string of the molecule is C1CC[C@H](c2nc(C3CC3)n[nH]2)OC1. The summed E-state index contributed by atoms with van der Waals surface area (Å²) in [5, 5.41) is 7.25. The van der Waals surface area contributed by atoms with Crippen LogP contribution in [0.5, 0.6) is 0 Å². The summed E-state index contributed by atoms with van der Waals surface area (Å²) in [7, 11) is 0. The number of ether oxygens (including phenoxy) is 1. The lowest BCUT2D eigenvalue weighted by atomic mass is 10.1. The predicted molar refractivity (Wildman–Crippen MR) is 50.9 cm³/mol. The summed E-state index contributed by atoms with van der Waals surface area (Å²) in [6.45, 7) is 0.865. The first kappa shape index (κ1) is 8.41. The number of rotatable bonds is 2. The predicted octanol–water partition coefficient (Wildman–Crippen LogP) is 1.92. The van der Waals surface area contributed by atoms with Crippen molar-refractivity contribution in [3.63, 3.8) is 0 Å². The van der Waals surface area contributed by atoms with Gasteiger partial charge in [0, 0.05) is 12.5 Å². The molecule has 0 unspecified atom stereocenters. The molecule has 0 radical (unpaired) electrons. The molecule has 76 valence electrons. The van der Waals surface area contributed by atoms with Crippen molar-refractivity contribution in [3.8, 4) is 0 Å². The zero-order valence-corrected chi connectivity index (χ0v) is 8.20. The summed E-state index contributed by atoms with van der Waals surface area (Å²) in [6.07, 6.45) is 6.18. The van der Waals surface area contributed by atoms with Crippen LogP contribution in [0.4, 0.5) is 0 Å². The third-order valence-corrected chi connectivity index (χ3v) is 2.95. The zero-order chi connectivity index (χ0) is 9.38. The summed E-state index contributed by atoms with van der Waals surface area (Å²) < 4.78 is 5.64. The second kappa shape index (κ2) is 3.35. The molecular formula is C10H15N3O. The molecule has 3 rings (SSSR count). The topological polar surface area (TPSA) is 50.8 Å². The normalized spacial score (nSPS) is 27.9. The Morgan fingerprint density at radius 3 is 2.86 bits per heavy atom. The summed E-state index contributed by atoms with van der Waals surface area (Å²) in [4.78, 5) is 4.50. The Kier molecular flexibility index (Phi) is 2.01. The maximum absolute atomic E-state index is 5.64. The van der Waals surface area contributed by atoms with E-state index in [0.717, 1.165) is 24.7 Å². The van der Waals surface area contributed by atoms with Gasteiger partial charge in [-0.25, -0.2) is 4.98 Å². The Balaban J connectivity index is 1.74. The summed E-state index contributed by atoms with van der Waals surface area (Å²) in [5.41, 5.74) is 0. The molecule has 1 aromatic heterocycles. The molecule has 1 saturated heterocycles. The van der Waals surface area contributed by atoms with Gasteiger partial charge in [0.25, 0.3) is 0 Å². The van der Waals surface area contributed by atoms with Gasteiger partial charge in [-0.15, -0.1) is 0 Å². The lowest BCUT2D eigenvalue weighted by Crippen LogP contribution is -2.12. The van der Waals surface area contributed by atoms with E-state index in [9.17, 15) is 0 Å². The Morgan fingerprint density at radius 2 is 2.14 bits per heavy atom. The van der Waals surface area contributed by atoms with Gasteiger partial charge >= 0.3 is 0 Å². The van der Waals surface area contributed by atoms with Crippen LogP contribution in [0.1, 0.15) is 55.8 Å². The standard InChI is InChI=1S/C10H15N3O/c1-2-6-14-8(3-1)10-11-9(12-13-10)7-4-5-7/h7-8H,1-6H2,(H,11,12,13)/t8-/m1/s1. The van der Waals surface area contributed by atoms with Gasteiger partial charge in [-0.05, 0) is 32.1 Å². The molecule has 1 atom stereocenters. The molecule has 0 spiro atoms. The summed E-state index contributed by atoms with van der Waals surface area (Å²) >= 11 is 0. The second-order valence-electron chi connectivity index (χ2n) is 4.21. The average Bonchev–Trinajstić information content (AvgIpc) is 2.98. The van der Waals surface area contributed by atoms with E-state index in [-0.39, 0.29) is 6.10 Å². The summed E-state index contributed by atoms with van der Waals surface area (Å²) in [6, 6.07) is 0. The van der Waals surface area contributed by atoms with E-state index in [2.05, 4.69) is 15.2 Å². The van der Waals surface area contributed by atoms with Crippen LogP contribution in [0.15, 0.2) is 0 Å². The molecule has 1 aliphatic heterocycles. The molecule has 14 heavy (non-hydrogen) atoms. The monoisotopic (exact) mass is 193 g/mol. The Labute approximate surface area is 83.1 Å². The van der Waals surface area contributed by atoms with Crippen molar-refractivity contribution in [1.82, 2.24) is 15.2 Å².